The molecule has 0 saturated heterocycles. The molecule has 2 aromatic rings. The van der Waals surface area contributed by atoms with Gasteiger partial charge in [0, 0.05) is 24.9 Å². The monoisotopic (exact) mass is 378 g/mol. The average Bonchev–Trinajstić information content (AvgIpc) is 2.73. The predicted molar refractivity (Wildman–Crippen MR) is 112 cm³/mol. The topological polar surface area (TPSA) is 58.2 Å². The molecule has 1 fully saturated rings. The van der Waals surface area contributed by atoms with E-state index >= 15 is 0 Å². The highest BCUT2D eigenvalue weighted by Crippen LogP contribution is 2.29. The quantitative estimate of drug-likeness (QED) is 0.770. The second kappa shape index (κ2) is 10.1. The Bertz CT molecular complexity index is 780. The van der Waals surface area contributed by atoms with Crippen molar-refractivity contribution in [1.82, 2.24) is 10.6 Å². The summed E-state index contributed by atoms with van der Waals surface area (Å²) in [7, 11) is 0. The zero-order chi connectivity index (χ0) is 19.8. The van der Waals surface area contributed by atoms with Crippen molar-refractivity contribution in [3.8, 4) is 0 Å². The number of hydrogen-bond acceptors (Lipinski definition) is 2. The molecule has 1 aliphatic rings. The maximum absolute atomic E-state index is 12.5. The van der Waals surface area contributed by atoms with Crippen molar-refractivity contribution in [2.75, 3.05) is 6.54 Å². The van der Waals surface area contributed by atoms with E-state index in [1.165, 1.54) is 11.1 Å². The van der Waals surface area contributed by atoms with Gasteiger partial charge in [0.15, 0.2) is 0 Å². The van der Waals surface area contributed by atoms with Crippen LogP contribution in [0.5, 0.6) is 0 Å². The van der Waals surface area contributed by atoms with Crippen LogP contribution in [-0.4, -0.2) is 18.4 Å². The molecule has 1 saturated carbocycles. The normalized spacial score (nSPS) is 19.0. The second-order valence-corrected chi connectivity index (χ2v) is 7.78. The van der Waals surface area contributed by atoms with Crippen LogP contribution in [0.4, 0.5) is 0 Å². The smallest absolute Gasteiger partial charge is 0.223 e. The number of rotatable bonds is 7. The lowest BCUT2D eigenvalue weighted by atomic mass is 9.81. The summed E-state index contributed by atoms with van der Waals surface area (Å²) in [4.78, 5) is 24.8. The molecule has 2 amide bonds. The third-order valence-corrected chi connectivity index (χ3v) is 5.57. The van der Waals surface area contributed by atoms with Crippen LogP contribution in [0.2, 0.25) is 0 Å². The van der Waals surface area contributed by atoms with Gasteiger partial charge in [0.05, 0.1) is 0 Å². The molecule has 0 aromatic heterocycles. The van der Waals surface area contributed by atoms with E-state index in [0.29, 0.717) is 13.1 Å². The highest BCUT2D eigenvalue weighted by Gasteiger charge is 2.29. The molecular weight excluding hydrogens is 348 g/mol. The van der Waals surface area contributed by atoms with E-state index in [-0.39, 0.29) is 23.7 Å². The van der Waals surface area contributed by atoms with Gasteiger partial charge in [-0.15, -0.1) is 0 Å². The molecule has 0 bridgehead atoms. The number of aryl methyl sites for hydroxylation is 1. The van der Waals surface area contributed by atoms with E-state index in [0.717, 1.165) is 37.7 Å². The summed E-state index contributed by atoms with van der Waals surface area (Å²) in [5, 5.41) is 6.11. The van der Waals surface area contributed by atoms with E-state index in [1.54, 1.807) is 0 Å². The Labute approximate surface area is 167 Å². The molecule has 0 atom stereocenters. The van der Waals surface area contributed by atoms with E-state index < -0.39 is 0 Å². The molecule has 2 N–H and O–H groups in total. The lowest BCUT2D eigenvalue weighted by Gasteiger charge is -2.27. The van der Waals surface area contributed by atoms with Crippen LogP contribution in [0.25, 0.3) is 0 Å². The largest absolute Gasteiger partial charge is 0.356 e. The van der Waals surface area contributed by atoms with Crippen molar-refractivity contribution in [3.63, 3.8) is 0 Å². The number of hydrogen-bond donors (Lipinski definition) is 2. The zero-order valence-corrected chi connectivity index (χ0v) is 16.6. The minimum Gasteiger partial charge on any atom is -0.356 e. The van der Waals surface area contributed by atoms with Crippen molar-refractivity contribution in [3.05, 3.63) is 71.3 Å². The molecule has 0 unspecified atom stereocenters. The fraction of sp³-hybridized carbons (Fsp3) is 0.417. The van der Waals surface area contributed by atoms with Crippen LogP contribution >= 0.6 is 0 Å². The molecule has 3 rings (SSSR count). The first-order chi connectivity index (χ1) is 13.6. The number of nitrogens with one attached hydrogen (secondary N) is 2. The molecule has 0 spiro atoms. The summed E-state index contributed by atoms with van der Waals surface area (Å²) in [5.74, 6) is 0.314. The molecule has 0 aliphatic heterocycles. The summed E-state index contributed by atoms with van der Waals surface area (Å²) in [6.07, 6.45) is 4.01. The van der Waals surface area contributed by atoms with Gasteiger partial charge < -0.3 is 10.6 Å². The lowest BCUT2D eigenvalue weighted by molar-refractivity contribution is -0.130. The number of benzene rings is 2. The Balaban J connectivity index is 1.36. The number of amides is 2. The first-order valence-corrected chi connectivity index (χ1v) is 10.3. The van der Waals surface area contributed by atoms with Gasteiger partial charge in [-0.25, -0.2) is 0 Å². The van der Waals surface area contributed by atoms with Crippen molar-refractivity contribution >= 4 is 11.8 Å². The Hall–Kier alpha value is -2.62. The van der Waals surface area contributed by atoms with E-state index in [9.17, 15) is 9.59 Å². The Morgan fingerprint density at radius 1 is 0.821 bits per heavy atom. The molecule has 4 heteroatoms. The van der Waals surface area contributed by atoms with Gasteiger partial charge in [0.1, 0.15) is 0 Å². The molecule has 1 aliphatic carbocycles. The van der Waals surface area contributed by atoms with Crippen LogP contribution in [0.3, 0.4) is 0 Å². The summed E-state index contributed by atoms with van der Waals surface area (Å²) in [5.41, 5.74) is 3.56. The maximum Gasteiger partial charge on any atom is 0.223 e. The van der Waals surface area contributed by atoms with E-state index in [4.69, 9.17) is 0 Å². The molecule has 0 radical (unpaired) electrons. The van der Waals surface area contributed by atoms with E-state index in [2.05, 4.69) is 41.8 Å². The molecule has 28 heavy (non-hydrogen) atoms. The Kier molecular flexibility index (Phi) is 7.24. The van der Waals surface area contributed by atoms with Gasteiger partial charge in [-0.2, -0.15) is 0 Å². The number of carbonyl (C=O) groups excluding carboxylic acids is 2. The third-order valence-electron chi connectivity index (χ3n) is 5.57. The first-order valence-electron chi connectivity index (χ1n) is 10.3. The minimum absolute atomic E-state index is 0.0261. The number of carbonyl (C=O) groups is 2. The Morgan fingerprint density at radius 3 is 2.07 bits per heavy atom. The summed E-state index contributed by atoms with van der Waals surface area (Å²) >= 11 is 0. The van der Waals surface area contributed by atoms with Gasteiger partial charge in [0.25, 0.3) is 0 Å². The van der Waals surface area contributed by atoms with Crippen LogP contribution in [0.15, 0.2) is 54.6 Å². The third kappa shape index (κ3) is 5.95. The van der Waals surface area contributed by atoms with Gasteiger partial charge in [-0.1, -0.05) is 60.2 Å². The summed E-state index contributed by atoms with van der Waals surface area (Å²) in [6.45, 7) is 3.29. The molecule has 4 nitrogen and oxygen atoms in total. The second-order valence-electron chi connectivity index (χ2n) is 7.78. The van der Waals surface area contributed by atoms with Gasteiger partial charge >= 0.3 is 0 Å². The summed E-state index contributed by atoms with van der Waals surface area (Å²) in [6, 6.07) is 18.4. The molecule has 148 valence electrons. The van der Waals surface area contributed by atoms with Crippen molar-refractivity contribution < 1.29 is 9.59 Å². The molecule has 0 heterocycles. The van der Waals surface area contributed by atoms with Crippen LogP contribution < -0.4 is 10.6 Å². The van der Waals surface area contributed by atoms with Crippen molar-refractivity contribution in [2.45, 2.75) is 45.6 Å². The van der Waals surface area contributed by atoms with Crippen LogP contribution in [0, 0.1) is 18.8 Å². The predicted octanol–water partition coefficient (Wildman–Crippen LogP) is 3.78. The van der Waals surface area contributed by atoms with Gasteiger partial charge in [-0.3, -0.25) is 9.59 Å². The highest BCUT2D eigenvalue weighted by atomic mass is 16.2. The van der Waals surface area contributed by atoms with Crippen molar-refractivity contribution in [1.29, 1.82) is 0 Å². The maximum atomic E-state index is 12.5. The van der Waals surface area contributed by atoms with E-state index in [1.807, 2.05) is 30.3 Å². The van der Waals surface area contributed by atoms with Crippen LogP contribution in [-0.2, 0) is 22.6 Å². The highest BCUT2D eigenvalue weighted by molar-refractivity contribution is 5.81. The molecular formula is C24H30N2O2. The van der Waals surface area contributed by atoms with Crippen molar-refractivity contribution in [2.24, 2.45) is 11.8 Å². The SMILES string of the molecule is Cc1cccc(CNC(=O)C2CCC(C(=O)NCCc3ccccc3)CC2)c1. The lowest BCUT2D eigenvalue weighted by Crippen LogP contribution is -2.37. The summed E-state index contributed by atoms with van der Waals surface area (Å²) < 4.78 is 0. The Morgan fingerprint density at radius 2 is 1.43 bits per heavy atom. The first kappa shape index (κ1) is 20.1. The standard InChI is InChI=1S/C24H30N2O2/c1-18-6-5-9-20(16-18)17-26-24(28)22-12-10-21(11-13-22)23(27)25-15-14-19-7-3-2-4-8-19/h2-9,16,21-22H,10-15,17H2,1H3,(H,25,27)(H,26,28). The minimum atomic E-state index is 0.0261. The van der Waals surface area contributed by atoms with Crippen LogP contribution in [0.1, 0.15) is 42.4 Å². The average molecular weight is 379 g/mol. The van der Waals surface area contributed by atoms with Gasteiger partial charge in [0.2, 0.25) is 11.8 Å². The fourth-order valence-electron chi connectivity index (χ4n) is 3.89. The zero-order valence-electron chi connectivity index (χ0n) is 16.6. The van der Waals surface area contributed by atoms with Gasteiger partial charge in [-0.05, 0) is 50.2 Å². The fourth-order valence-corrected chi connectivity index (χ4v) is 3.89. The molecule has 2 aromatic carbocycles.